The second kappa shape index (κ2) is 8.37. The van der Waals surface area contributed by atoms with Gasteiger partial charge in [-0.1, -0.05) is 86.6 Å². The monoisotopic (exact) mass is 540 g/mol. The molecule has 3 nitrogen and oxygen atoms in total. The van der Waals surface area contributed by atoms with Gasteiger partial charge >= 0.3 is 0 Å². The highest BCUT2D eigenvalue weighted by Gasteiger charge is 2.36. The summed E-state index contributed by atoms with van der Waals surface area (Å²) in [5, 5.41) is 4.71. The number of fused-ring (bicyclic) bond motifs is 9. The van der Waals surface area contributed by atoms with Crippen LogP contribution >= 0.6 is 0 Å². The molecule has 9 rings (SSSR count). The number of hydrogen-bond donors (Lipinski definition) is 0. The van der Waals surface area contributed by atoms with E-state index >= 15 is 0 Å². The van der Waals surface area contributed by atoms with Crippen LogP contribution in [-0.4, -0.2) is 4.57 Å². The summed E-state index contributed by atoms with van der Waals surface area (Å²) in [5.41, 5.74) is 11.4. The molecule has 0 spiro atoms. The van der Waals surface area contributed by atoms with Gasteiger partial charge in [-0.05, 0) is 71.8 Å². The first kappa shape index (κ1) is 23.4. The van der Waals surface area contributed by atoms with E-state index < -0.39 is 0 Å². The van der Waals surface area contributed by atoms with Gasteiger partial charge in [0.25, 0.3) is 0 Å². The Morgan fingerprint density at radius 2 is 1.24 bits per heavy atom. The van der Waals surface area contributed by atoms with Gasteiger partial charge in [0.1, 0.15) is 11.2 Å². The van der Waals surface area contributed by atoms with Crippen molar-refractivity contribution in [3.8, 4) is 5.69 Å². The Hall–Kier alpha value is -5.28. The van der Waals surface area contributed by atoms with Crippen LogP contribution in [-0.2, 0) is 5.41 Å². The van der Waals surface area contributed by atoms with Gasteiger partial charge in [0, 0.05) is 38.6 Å². The molecule has 0 saturated carbocycles. The highest BCUT2D eigenvalue weighted by molar-refractivity contribution is 6.25. The Labute approximate surface area is 243 Å². The SMILES string of the molecule is CC1(C)c2ccccc2-n2c3ccccc3c3c4oc5ccc(N(c6ccccc6)c6ccccc6)cc5c4cc1c32. The minimum atomic E-state index is -0.172. The first-order valence-corrected chi connectivity index (χ1v) is 14.5. The second-order valence-corrected chi connectivity index (χ2v) is 11.8. The van der Waals surface area contributed by atoms with Crippen molar-refractivity contribution in [3.05, 3.63) is 145 Å². The van der Waals surface area contributed by atoms with E-state index in [1.165, 1.54) is 38.6 Å². The molecule has 3 heteroatoms. The quantitative estimate of drug-likeness (QED) is 0.222. The van der Waals surface area contributed by atoms with Gasteiger partial charge < -0.3 is 13.9 Å². The number of anilines is 3. The molecule has 0 radical (unpaired) electrons. The Morgan fingerprint density at radius 3 is 2.00 bits per heavy atom. The van der Waals surface area contributed by atoms with Crippen molar-refractivity contribution in [2.75, 3.05) is 4.90 Å². The molecule has 1 aliphatic heterocycles. The van der Waals surface area contributed by atoms with Crippen molar-refractivity contribution in [1.82, 2.24) is 4.57 Å². The van der Waals surface area contributed by atoms with Crippen molar-refractivity contribution in [2.24, 2.45) is 0 Å². The Kier molecular flexibility index (Phi) is 4.67. The maximum absolute atomic E-state index is 6.78. The van der Waals surface area contributed by atoms with Crippen LogP contribution in [0.25, 0.3) is 49.4 Å². The molecule has 0 amide bonds. The third kappa shape index (κ3) is 3.05. The van der Waals surface area contributed by atoms with Crippen molar-refractivity contribution < 1.29 is 4.42 Å². The summed E-state index contributed by atoms with van der Waals surface area (Å²) in [7, 11) is 0. The molecule has 0 aliphatic carbocycles. The summed E-state index contributed by atoms with van der Waals surface area (Å²) < 4.78 is 9.23. The molecule has 0 fully saturated rings. The van der Waals surface area contributed by atoms with E-state index in [1.54, 1.807) is 0 Å². The van der Waals surface area contributed by atoms with Gasteiger partial charge in [-0.25, -0.2) is 0 Å². The zero-order valence-corrected chi connectivity index (χ0v) is 23.5. The molecule has 42 heavy (non-hydrogen) atoms. The van der Waals surface area contributed by atoms with Crippen molar-refractivity contribution in [2.45, 2.75) is 19.3 Å². The Balaban J connectivity index is 1.40. The predicted octanol–water partition coefficient (Wildman–Crippen LogP) is 10.8. The van der Waals surface area contributed by atoms with Crippen LogP contribution in [0, 0.1) is 0 Å². The van der Waals surface area contributed by atoms with E-state index in [2.05, 4.69) is 157 Å². The third-order valence-electron chi connectivity index (χ3n) is 9.13. The Bertz CT molecular complexity index is 2280. The van der Waals surface area contributed by atoms with Crippen molar-refractivity contribution in [1.29, 1.82) is 0 Å². The average molecular weight is 541 g/mol. The maximum Gasteiger partial charge on any atom is 0.145 e. The minimum Gasteiger partial charge on any atom is -0.455 e. The maximum atomic E-state index is 6.78. The van der Waals surface area contributed by atoms with Gasteiger partial charge in [-0.15, -0.1) is 0 Å². The number of rotatable bonds is 3. The summed E-state index contributed by atoms with van der Waals surface area (Å²) in [6, 6.07) is 47.7. The molecule has 0 atom stereocenters. The van der Waals surface area contributed by atoms with E-state index in [9.17, 15) is 0 Å². The van der Waals surface area contributed by atoms with E-state index in [1.807, 2.05) is 0 Å². The fourth-order valence-corrected chi connectivity index (χ4v) is 7.18. The minimum absolute atomic E-state index is 0.172. The van der Waals surface area contributed by atoms with Crippen LogP contribution in [0.2, 0.25) is 0 Å². The lowest BCUT2D eigenvalue weighted by Gasteiger charge is -2.34. The summed E-state index contributed by atoms with van der Waals surface area (Å²) in [6.07, 6.45) is 0. The molecule has 2 aromatic heterocycles. The summed E-state index contributed by atoms with van der Waals surface area (Å²) >= 11 is 0. The van der Waals surface area contributed by atoms with Gasteiger partial charge in [-0.3, -0.25) is 0 Å². The van der Waals surface area contributed by atoms with E-state index in [0.717, 1.165) is 39.0 Å². The topological polar surface area (TPSA) is 21.3 Å². The van der Waals surface area contributed by atoms with Crippen LogP contribution in [0.15, 0.2) is 138 Å². The first-order chi connectivity index (χ1) is 20.6. The van der Waals surface area contributed by atoms with Gasteiger partial charge in [0.2, 0.25) is 0 Å². The molecule has 0 bridgehead atoms. The van der Waals surface area contributed by atoms with Crippen molar-refractivity contribution >= 4 is 60.8 Å². The lowest BCUT2D eigenvalue weighted by molar-refractivity contribution is 0.630. The molecule has 200 valence electrons. The lowest BCUT2D eigenvalue weighted by Crippen LogP contribution is -2.26. The molecule has 0 saturated heterocycles. The van der Waals surface area contributed by atoms with Crippen LogP contribution in [0.1, 0.15) is 25.0 Å². The Morgan fingerprint density at radius 1 is 0.571 bits per heavy atom. The van der Waals surface area contributed by atoms with E-state index in [0.29, 0.717) is 0 Å². The van der Waals surface area contributed by atoms with E-state index in [4.69, 9.17) is 4.42 Å². The largest absolute Gasteiger partial charge is 0.455 e. The molecule has 8 aromatic rings. The lowest BCUT2D eigenvalue weighted by atomic mass is 9.74. The van der Waals surface area contributed by atoms with Crippen LogP contribution in [0.4, 0.5) is 17.1 Å². The standard InChI is InChI=1S/C39H28N2O/c1-39(2)31-18-10-12-20-34(31)41-33-19-11-9-17-28(33)36-37(41)32(39)24-30-29-23-27(21-22-35(29)42-38(30)36)40(25-13-5-3-6-14-25)26-15-7-4-8-16-26/h3-24H,1-2H3. The highest BCUT2D eigenvalue weighted by Crippen LogP contribution is 2.51. The zero-order valence-electron chi connectivity index (χ0n) is 23.5. The number of nitrogens with zero attached hydrogens (tertiary/aromatic N) is 2. The summed E-state index contributed by atoms with van der Waals surface area (Å²) in [5.74, 6) is 0. The number of furan rings is 1. The number of aromatic nitrogens is 1. The van der Waals surface area contributed by atoms with E-state index in [-0.39, 0.29) is 5.41 Å². The molecule has 0 N–H and O–H groups in total. The van der Waals surface area contributed by atoms with Gasteiger partial charge in [0.15, 0.2) is 0 Å². The molecular formula is C39H28N2O. The van der Waals surface area contributed by atoms with Gasteiger partial charge in [-0.2, -0.15) is 0 Å². The van der Waals surface area contributed by atoms with Crippen LogP contribution in [0.3, 0.4) is 0 Å². The fraction of sp³-hybridized carbons (Fsp3) is 0.0769. The second-order valence-electron chi connectivity index (χ2n) is 11.8. The smallest absolute Gasteiger partial charge is 0.145 e. The predicted molar refractivity (Wildman–Crippen MR) is 175 cm³/mol. The summed E-state index contributed by atoms with van der Waals surface area (Å²) in [6.45, 7) is 4.71. The van der Waals surface area contributed by atoms with Crippen LogP contribution < -0.4 is 4.90 Å². The van der Waals surface area contributed by atoms with Gasteiger partial charge in [0.05, 0.1) is 22.1 Å². The molecular weight excluding hydrogens is 512 g/mol. The summed E-state index contributed by atoms with van der Waals surface area (Å²) in [4.78, 5) is 2.31. The fourth-order valence-electron chi connectivity index (χ4n) is 7.18. The molecule has 3 heterocycles. The molecule has 1 aliphatic rings. The average Bonchev–Trinajstić information content (AvgIpc) is 3.57. The normalized spacial score (nSPS) is 13.7. The number of benzene rings is 6. The number of hydrogen-bond acceptors (Lipinski definition) is 2. The zero-order chi connectivity index (χ0) is 28.0. The number of para-hydroxylation sites is 4. The first-order valence-electron chi connectivity index (χ1n) is 14.5. The van der Waals surface area contributed by atoms with Crippen LogP contribution in [0.5, 0.6) is 0 Å². The van der Waals surface area contributed by atoms with Crippen molar-refractivity contribution in [3.63, 3.8) is 0 Å². The highest BCUT2D eigenvalue weighted by atomic mass is 16.3. The molecule has 6 aromatic carbocycles. The molecule has 0 unspecified atom stereocenters. The third-order valence-corrected chi connectivity index (χ3v) is 9.13.